The van der Waals surface area contributed by atoms with Crippen LogP contribution in [0, 0.1) is 12.7 Å². The molecule has 3 aromatic rings. The van der Waals surface area contributed by atoms with E-state index in [2.05, 4.69) is 15.3 Å². The number of pyridine rings is 2. The Kier molecular flexibility index (Phi) is 5.12. The van der Waals surface area contributed by atoms with Gasteiger partial charge in [0.15, 0.2) is 5.82 Å². The highest BCUT2D eigenvalue weighted by Crippen LogP contribution is 2.40. The van der Waals surface area contributed by atoms with Crippen molar-refractivity contribution in [2.24, 2.45) is 0 Å². The molecule has 0 radical (unpaired) electrons. The Morgan fingerprint density at radius 2 is 2.12 bits per heavy atom. The number of carboxylic acid groups (broad SMARTS) is 1. The molecule has 172 valence electrons. The lowest BCUT2D eigenvalue weighted by atomic mass is 9.97. The minimum atomic E-state index is -1.52. The van der Waals surface area contributed by atoms with E-state index in [1.807, 2.05) is 0 Å². The number of amides is 1. The second-order valence-electron chi connectivity index (χ2n) is 7.97. The maximum absolute atomic E-state index is 15.3. The summed E-state index contributed by atoms with van der Waals surface area (Å²) in [5.41, 5.74) is 7.71. The molecular formula is C22H21F2N5O4. The van der Waals surface area contributed by atoms with Gasteiger partial charge in [-0.25, -0.2) is 19.2 Å². The van der Waals surface area contributed by atoms with Gasteiger partial charge in [-0.05, 0) is 36.4 Å². The number of nitrogens with one attached hydrogen (secondary N) is 1. The summed E-state index contributed by atoms with van der Waals surface area (Å²) >= 11 is 0. The van der Waals surface area contributed by atoms with Crippen LogP contribution in [0.3, 0.4) is 0 Å². The van der Waals surface area contributed by atoms with Gasteiger partial charge in [0, 0.05) is 35.5 Å². The standard InChI is InChI=1S/C22H21F2N5O4/c1-10-14(6-28-21-20(10)27-8-16(23)33-21)13-4-11-5-17(26-7-15(11)19(25)18(13)24)29(22(30)31)12-2-3-32-9-12/h4-7,12,16,27H,2-3,8-9,25H2,1H3,(H,30,31)/t12-,16+/m1/s1. The number of nitrogens with two attached hydrogens (primary N) is 1. The first-order valence-corrected chi connectivity index (χ1v) is 10.4. The summed E-state index contributed by atoms with van der Waals surface area (Å²) < 4.78 is 39.3. The maximum atomic E-state index is 15.3. The summed E-state index contributed by atoms with van der Waals surface area (Å²) in [4.78, 5) is 21.5. The molecule has 2 atom stereocenters. The number of carbonyl (C=O) groups is 1. The van der Waals surface area contributed by atoms with Crippen LogP contribution >= 0.6 is 0 Å². The molecule has 1 saturated heterocycles. The molecule has 11 heteroatoms. The van der Waals surface area contributed by atoms with Crippen LogP contribution in [0.25, 0.3) is 21.9 Å². The van der Waals surface area contributed by atoms with Crippen LogP contribution in [0.2, 0.25) is 0 Å². The van der Waals surface area contributed by atoms with E-state index in [1.54, 1.807) is 19.1 Å². The molecular weight excluding hydrogens is 436 g/mol. The minimum absolute atomic E-state index is 0.0494. The number of hydrogen-bond acceptors (Lipinski definition) is 7. The fraction of sp³-hybridized carbons (Fsp3) is 0.318. The molecule has 0 bridgehead atoms. The van der Waals surface area contributed by atoms with Crippen LogP contribution in [0.1, 0.15) is 12.0 Å². The van der Waals surface area contributed by atoms with Crippen molar-refractivity contribution in [3.05, 3.63) is 35.9 Å². The van der Waals surface area contributed by atoms with Gasteiger partial charge in [0.2, 0.25) is 5.88 Å². The van der Waals surface area contributed by atoms with Crippen molar-refractivity contribution in [2.45, 2.75) is 25.7 Å². The van der Waals surface area contributed by atoms with Crippen LogP contribution in [0.4, 0.5) is 30.8 Å². The fourth-order valence-electron chi connectivity index (χ4n) is 4.27. The zero-order valence-corrected chi connectivity index (χ0v) is 17.6. The number of halogens is 2. The van der Waals surface area contributed by atoms with Crippen molar-refractivity contribution in [2.75, 3.05) is 35.7 Å². The van der Waals surface area contributed by atoms with Gasteiger partial charge in [-0.15, -0.1) is 0 Å². The Morgan fingerprint density at radius 3 is 2.85 bits per heavy atom. The third-order valence-corrected chi connectivity index (χ3v) is 5.98. The number of hydrogen-bond donors (Lipinski definition) is 3. The lowest BCUT2D eigenvalue weighted by Gasteiger charge is -2.25. The van der Waals surface area contributed by atoms with Gasteiger partial charge in [0.05, 0.1) is 24.9 Å². The van der Waals surface area contributed by atoms with E-state index >= 15 is 4.39 Å². The monoisotopic (exact) mass is 457 g/mol. The molecule has 9 nitrogen and oxygen atoms in total. The number of rotatable bonds is 3. The Hall–Kier alpha value is -3.73. The van der Waals surface area contributed by atoms with Gasteiger partial charge in [-0.1, -0.05) is 0 Å². The SMILES string of the molecule is Cc1c(-c2cc3cc(N(C(=O)O)[C@@H]4CCOC4)ncc3c(N)c2F)cnc2c1NC[C@@H](F)O2. The van der Waals surface area contributed by atoms with Gasteiger partial charge < -0.3 is 25.6 Å². The highest BCUT2D eigenvalue weighted by molar-refractivity contribution is 5.99. The lowest BCUT2D eigenvalue weighted by molar-refractivity contribution is 0.0688. The van der Waals surface area contributed by atoms with Crippen LogP contribution in [-0.2, 0) is 4.74 Å². The van der Waals surface area contributed by atoms with E-state index in [1.165, 1.54) is 12.4 Å². The second-order valence-corrected chi connectivity index (χ2v) is 7.97. The number of benzene rings is 1. The number of fused-ring (bicyclic) bond motifs is 2. The minimum Gasteiger partial charge on any atom is -0.465 e. The van der Waals surface area contributed by atoms with Crippen molar-refractivity contribution < 1.29 is 28.2 Å². The first-order valence-electron chi connectivity index (χ1n) is 10.4. The first kappa shape index (κ1) is 21.1. The van der Waals surface area contributed by atoms with Crippen molar-refractivity contribution in [1.29, 1.82) is 0 Å². The molecule has 0 unspecified atom stereocenters. The largest absolute Gasteiger partial charge is 0.465 e. The molecule has 5 rings (SSSR count). The lowest BCUT2D eigenvalue weighted by Crippen LogP contribution is -2.40. The molecule has 2 aliphatic heterocycles. The molecule has 0 aliphatic carbocycles. The number of aromatic nitrogens is 2. The summed E-state index contributed by atoms with van der Waals surface area (Å²) in [6.07, 6.45) is 0.653. The molecule has 2 aromatic heterocycles. The van der Waals surface area contributed by atoms with Crippen LogP contribution < -0.4 is 20.7 Å². The normalized spacial score (nSPS) is 19.6. The van der Waals surface area contributed by atoms with E-state index in [9.17, 15) is 14.3 Å². The number of ether oxygens (including phenoxy) is 2. The van der Waals surface area contributed by atoms with Gasteiger partial charge in [0.25, 0.3) is 6.36 Å². The van der Waals surface area contributed by atoms with E-state index in [-0.39, 0.29) is 42.1 Å². The molecule has 1 fully saturated rings. The zero-order chi connectivity index (χ0) is 23.3. The molecule has 33 heavy (non-hydrogen) atoms. The molecule has 1 amide bonds. The van der Waals surface area contributed by atoms with Gasteiger partial charge in [-0.2, -0.15) is 4.39 Å². The summed E-state index contributed by atoms with van der Waals surface area (Å²) in [7, 11) is 0. The Balaban J connectivity index is 1.64. The third-order valence-electron chi connectivity index (χ3n) is 5.98. The highest BCUT2D eigenvalue weighted by atomic mass is 19.1. The van der Waals surface area contributed by atoms with E-state index in [4.69, 9.17) is 15.2 Å². The average Bonchev–Trinajstić information content (AvgIpc) is 3.30. The first-order chi connectivity index (χ1) is 15.8. The Labute approximate surface area is 187 Å². The van der Waals surface area contributed by atoms with Gasteiger partial charge in [-0.3, -0.25) is 4.90 Å². The van der Waals surface area contributed by atoms with Crippen LogP contribution in [-0.4, -0.2) is 53.3 Å². The number of nitrogens with zero attached hydrogens (tertiary/aromatic N) is 3. The summed E-state index contributed by atoms with van der Waals surface area (Å²) in [6.45, 7) is 2.44. The molecule has 2 aliphatic rings. The topological polar surface area (TPSA) is 123 Å². The van der Waals surface area contributed by atoms with Gasteiger partial charge >= 0.3 is 6.09 Å². The Bertz CT molecular complexity index is 1270. The van der Waals surface area contributed by atoms with Crippen molar-refractivity contribution in [3.8, 4) is 17.0 Å². The fourth-order valence-corrected chi connectivity index (χ4v) is 4.27. The maximum Gasteiger partial charge on any atom is 0.413 e. The molecule has 1 aromatic carbocycles. The quantitative estimate of drug-likeness (QED) is 0.509. The molecule has 0 spiro atoms. The predicted molar refractivity (Wildman–Crippen MR) is 118 cm³/mol. The van der Waals surface area contributed by atoms with E-state index < -0.39 is 18.3 Å². The van der Waals surface area contributed by atoms with E-state index in [0.717, 1.165) is 4.90 Å². The van der Waals surface area contributed by atoms with Gasteiger partial charge in [0.1, 0.15) is 11.5 Å². The number of anilines is 3. The summed E-state index contributed by atoms with van der Waals surface area (Å²) in [5, 5.41) is 13.5. The average molecular weight is 457 g/mol. The molecule has 4 N–H and O–H groups in total. The third kappa shape index (κ3) is 3.54. The van der Waals surface area contributed by atoms with Crippen LogP contribution in [0.5, 0.6) is 5.88 Å². The van der Waals surface area contributed by atoms with Crippen molar-refractivity contribution in [1.82, 2.24) is 9.97 Å². The predicted octanol–water partition coefficient (Wildman–Crippen LogP) is 3.70. The second kappa shape index (κ2) is 8.00. The number of alkyl halides is 1. The van der Waals surface area contributed by atoms with Crippen LogP contribution in [0.15, 0.2) is 24.5 Å². The molecule has 4 heterocycles. The smallest absolute Gasteiger partial charge is 0.413 e. The summed E-state index contributed by atoms with van der Waals surface area (Å²) in [5.74, 6) is -0.348. The highest BCUT2D eigenvalue weighted by Gasteiger charge is 2.30. The van der Waals surface area contributed by atoms with E-state index in [0.29, 0.717) is 40.6 Å². The van der Waals surface area contributed by atoms with Crippen molar-refractivity contribution >= 4 is 34.1 Å². The molecule has 0 saturated carbocycles. The van der Waals surface area contributed by atoms with Crippen molar-refractivity contribution in [3.63, 3.8) is 0 Å². The zero-order valence-electron chi connectivity index (χ0n) is 17.6. The number of nitrogen functional groups attached to an aromatic ring is 1. The summed E-state index contributed by atoms with van der Waals surface area (Å²) in [6, 6.07) is 2.79. The Morgan fingerprint density at radius 1 is 1.30 bits per heavy atom.